The first-order chi connectivity index (χ1) is 12.0. The van der Waals surface area contributed by atoms with E-state index in [4.69, 9.17) is 27.9 Å². The molecule has 2 aromatic rings. The van der Waals surface area contributed by atoms with Crippen LogP contribution in [0.3, 0.4) is 0 Å². The van der Waals surface area contributed by atoms with E-state index in [1.165, 1.54) is 0 Å². The van der Waals surface area contributed by atoms with Crippen LogP contribution in [0.25, 0.3) is 0 Å². The predicted octanol–water partition coefficient (Wildman–Crippen LogP) is 4.22. The maximum Gasteiger partial charge on any atom is 0.270 e. The molecule has 0 radical (unpaired) electrons. The van der Waals surface area contributed by atoms with Crippen LogP contribution in [0.15, 0.2) is 42.5 Å². The Morgan fingerprint density at radius 2 is 1.84 bits per heavy atom. The van der Waals surface area contributed by atoms with Gasteiger partial charge in [-0.2, -0.15) is 0 Å². The monoisotopic (exact) mass is 492 g/mol. The second kappa shape index (κ2) is 9.84. The van der Waals surface area contributed by atoms with E-state index in [0.29, 0.717) is 34.4 Å². The molecular formula is C17H15Cl2IN2O3. The Kier molecular flexibility index (Phi) is 7.80. The van der Waals surface area contributed by atoms with Gasteiger partial charge in [0.25, 0.3) is 5.91 Å². The number of ether oxygens (including phenoxy) is 1. The summed E-state index contributed by atoms with van der Waals surface area (Å²) < 4.78 is 6.30. The van der Waals surface area contributed by atoms with Gasteiger partial charge in [0, 0.05) is 15.0 Å². The fraction of sp³-hybridized carbons (Fsp3) is 0.176. The molecule has 2 N–H and O–H groups in total. The summed E-state index contributed by atoms with van der Waals surface area (Å²) in [5, 5.41) is 0.947. The van der Waals surface area contributed by atoms with Gasteiger partial charge in [-0.15, -0.1) is 0 Å². The van der Waals surface area contributed by atoms with E-state index in [1.807, 2.05) is 12.1 Å². The quantitative estimate of drug-likeness (QED) is 0.360. The van der Waals surface area contributed by atoms with Crippen LogP contribution in [0.4, 0.5) is 0 Å². The molecule has 0 aliphatic rings. The van der Waals surface area contributed by atoms with Crippen molar-refractivity contribution in [3.63, 3.8) is 0 Å². The van der Waals surface area contributed by atoms with Crippen molar-refractivity contribution >= 4 is 57.6 Å². The summed E-state index contributed by atoms with van der Waals surface area (Å²) in [6.45, 7) is 0.319. The zero-order valence-corrected chi connectivity index (χ0v) is 16.7. The molecule has 8 heteroatoms. The van der Waals surface area contributed by atoms with Gasteiger partial charge >= 0.3 is 0 Å². The van der Waals surface area contributed by atoms with Gasteiger partial charge in [-0.05, 0) is 59.3 Å². The number of carbonyl (C=O) groups excluding carboxylic acids is 2. The molecule has 0 heterocycles. The van der Waals surface area contributed by atoms with Crippen molar-refractivity contribution in [1.82, 2.24) is 10.9 Å². The maximum atomic E-state index is 12.0. The number of hydrogen-bond acceptors (Lipinski definition) is 3. The first-order valence-corrected chi connectivity index (χ1v) is 9.22. The van der Waals surface area contributed by atoms with Crippen molar-refractivity contribution < 1.29 is 14.3 Å². The van der Waals surface area contributed by atoms with E-state index >= 15 is 0 Å². The van der Waals surface area contributed by atoms with Crippen LogP contribution in [0.5, 0.6) is 5.75 Å². The van der Waals surface area contributed by atoms with Crippen LogP contribution in [0.2, 0.25) is 10.0 Å². The molecular weight excluding hydrogens is 478 g/mol. The fourth-order valence-electron chi connectivity index (χ4n) is 1.91. The summed E-state index contributed by atoms with van der Waals surface area (Å²) in [5.41, 5.74) is 5.28. The third kappa shape index (κ3) is 6.37. The summed E-state index contributed by atoms with van der Waals surface area (Å²) in [6, 6.07) is 12.0. The van der Waals surface area contributed by atoms with Gasteiger partial charge in [0.1, 0.15) is 5.75 Å². The number of amides is 2. The van der Waals surface area contributed by atoms with E-state index in [0.717, 1.165) is 3.57 Å². The second-order valence-electron chi connectivity index (χ2n) is 5.01. The van der Waals surface area contributed by atoms with Gasteiger partial charge in [-0.3, -0.25) is 20.4 Å². The lowest BCUT2D eigenvalue weighted by Gasteiger charge is -2.10. The lowest BCUT2D eigenvalue weighted by molar-refractivity contribution is -0.122. The van der Waals surface area contributed by atoms with Crippen molar-refractivity contribution in [2.75, 3.05) is 6.61 Å². The highest BCUT2D eigenvalue weighted by atomic mass is 127. The molecule has 2 rings (SSSR count). The third-order valence-corrected chi connectivity index (χ3v) is 4.60. The maximum absolute atomic E-state index is 12.0. The topological polar surface area (TPSA) is 67.4 Å². The van der Waals surface area contributed by atoms with Gasteiger partial charge in [-0.25, -0.2) is 0 Å². The van der Waals surface area contributed by atoms with Crippen molar-refractivity contribution in [1.29, 1.82) is 0 Å². The van der Waals surface area contributed by atoms with Crippen molar-refractivity contribution in [3.05, 3.63) is 61.6 Å². The SMILES string of the molecule is O=C(CCCOc1ccc(Cl)cc1Cl)NNC(=O)c1ccccc1I. The minimum Gasteiger partial charge on any atom is -0.492 e. The minimum absolute atomic E-state index is 0.206. The number of benzene rings is 2. The van der Waals surface area contributed by atoms with Gasteiger partial charge in [0.15, 0.2) is 0 Å². The lowest BCUT2D eigenvalue weighted by atomic mass is 10.2. The summed E-state index contributed by atoms with van der Waals surface area (Å²) in [6.07, 6.45) is 0.681. The second-order valence-corrected chi connectivity index (χ2v) is 7.01. The largest absolute Gasteiger partial charge is 0.492 e. The van der Waals surface area contributed by atoms with Crippen molar-refractivity contribution in [2.45, 2.75) is 12.8 Å². The zero-order chi connectivity index (χ0) is 18.2. The fourth-order valence-corrected chi connectivity index (χ4v) is 3.00. The molecule has 5 nitrogen and oxygen atoms in total. The molecule has 2 aromatic carbocycles. The number of halogens is 3. The molecule has 0 saturated heterocycles. The molecule has 0 aliphatic heterocycles. The van der Waals surface area contributed by atoms with Crippen LogP contribution < -0.4 is 15.6 Å². The highest BCUT2D eigenvalue weighted by Gasteiger charge is 2.10. The average molecular weight is 493 g/mol. The first kappa shape index (κ1) is 19.8. The molecule has 0 atom stereocenters. The van der Waals surface area contributed by atoms with Gasteiger partial charge in [0.2, 0.25) is 5.91 Å². The van der Waals surface area contributed by atoms with Gasteiger partial charge in [-0.1, -0.05) is 35.3 Å². The van der Waals surface area contributed by atoms with Crippen molar-refractivity contribution in [2.24, 2.45) is 0 Å². The van der Waals surface area contributed by atoms with E-state index in [1.54, 1.807) is 30.3 Å². The molecule has 0 unspecified atom stereocenters. The molecule has 0 spiro atoms. The lowest BCUT2D eigenvalue weighted by Crippen LogP contribution is -2.41. The molecule has 0 aliphatic carbocycles. The minimum atomic E-state index is -0.359. The Balaban J connectivity index is 1.69. The summed E-state index contributed by atoms with van der Waals surface area (Å²) in [5.74, 6) is -0.147. The smallest absolute Gasteiger partial charge is 0.270 e. The molecule has 0 saturated carbocycles. The van der Waals surface area contributed by atoms with Crippen LogP contribution >= 0.6 is 45.8 Å². The average Bonchev–Trinajstić information content (AvgIpc) is 2.58. The van der Waals surface area contributed by atoms with E-state index < -0.39 is 0 Å². The Morgan fingerprint density at radius 3 is 2.56 bits per heavy atom. The normalized spacial score (nSPS) is 10.2. The Bertz CT molecular complexity index is 771. The Morgan fingerprint density at radius 1 is 1.08 bits per heavy atom. The summed E-state index contributed by atoms with van der Waals surface area (Å²) in [7, 11) is 0. The Hall–Kier alpha value is -1.51. The molecule has 0 aromatic heterocycles. The molecule has 2 amide bonds. The molecule has 0 fully saturated rings. The molecule has 132 valence electrons. The number of hydrazine groups is 1. The highest BCUT2D eigenvalue weighted by molar-refractivity contribution is 14.1. The van der Waals surface area contributed by atoms with Crippen LogP contribution in [0, 0.1) is 3.57 Å². The first-order valence-electron chi connectivity index (χ1n) is 7.39. The summed E-state index contributed by atoms with van der Waals surface area (Å²) in [4.78, 5) is 23.7. The van der Waals surface area contributed by atoms with E-state index in [9.17, 15) is 9.59 Å². The summed E-state index contributed by atoms with van der Waals surface area (Å²) >= 11 is 13.9. The third-order valence-electron chi connectivity index (χ3n) is 3.13. The number of carbonyl (C=O) groups is 2. The number of rotatable bonds is 6. The number of nitrogens with one attached hydrogen (secondary N) is 2. The number of hydrogen-bond donors (Lipinski definition) is 2. The van der Waals surface area contributed by atoms with Crippen LogP contribution in [-0.4, -0.2) is 18.4 Å². The molecule has 0 bridgehead atoms. The van der Waals surface area contributed by atoms with E-state index in [2.05, 4.69) is 33.4 Å². The van der Waals surface area contributed by atoms with Gasteiger partial charge in [0.05, 0.1) is 17.2 Å². The zero-order valence-electron chi connectivity index (χ0n) is 13.0. The predicted molar refractivity (Wildman–Crippen MR) is 106 cm³/mol. The van der Waals surface area contributed by atoms with Gasteiger partial charge < -0.3 is 4.74 Å². The van der Waals surface area contributed by atoms with Crippen LogP contribution in [-0.2, 0) is 4.79 Å². The van der Waals surface area contributed by atoms with Crippen molar-refractivity contribution in [3.8, 4) is 5.75 Å². The van der Waals surface area contributed by atoms with Crippen LogP contribution in [0.1, 0.15) is 23.2 Å². The Labute approximate surface area is 169 Å². The standard InChI is InChI=1S/C17H15Cl2IN2O3/c18-11-7-8-15(13(19)10-11)25-9-3-6-16(23)21-22-17(24)12-4-1-2-5-14(12)20/h1-2,4-5,7-8,10H,3,6,9H2,(H,21,23)(H,22,24). The highest BCUT2D eigenvalue weighted by Crippen LogP contribution is 2.27. The molecule has 25 heavy (non-hydrogen) atoms. The van der Waals surface area contributed by atoms with E-state index in [-0.39, 0.29) is 18.2 Å².